The van der Waals surface area contributed by atoms with Crippen molar-refractivity contribution in [2.24, 2.45) is 0 Å². The second kappa shape index (κ2) is 9.02. The molecule has 0 spiro atoms. The van der Waals surface area contributed by atoms with Crippen LogP contribution in [-0.4, -0.2) is 0 Å². The Balaban J connectivity index is 1.94. The fourth-order valence-electron chi connectivity index (χ4n) is 5.97. The van der Waals surface area contributed by atoms with E-state index in [1.165, 1.54) is 55.6 Å². The molecule has 0 nitrogen and oxygen atoms in total. The summed E-state index contributed by atoms with van der Waals surface area (Å²) < 4.78 is 0. The van der Waals surface area contributed by atoms with E-state index in [9.17, 15) is 0 Å². The van der Waals surface area contributed by atoms with Crippen molar-refractivity contribution in [2.75, 3.05) is 0 Å². The second-order valence-electron chi connectivity index (χ2n) is 12.5. The third-order valence-electron chi connectivity index (χ3n) is 9.44. The highest BCUT2D eigenvalue weighted by molar-refractivity contribution is 5.87. The van der Waals surface area contributed by atoms with Gasteiger partial charge >= 0.3 is 0 Å². The van der Waals surface area contributed by atoms with Crippen LogP contribution in [0.2, 0.25) is 0 Å². The van der Waals surface area contributed by atoms with Crippen LogP contribution < -0.4 is 0 Å². The molecule has 0 amide bonds. The van der Waals surface area contributed by atoms with Gasteiger partial charge < -0.3 is 0 Å². The van der Waals surface area contributed by atoms with Crippen molar-refractivity contribution in [3.8, 4) is 11.1 Å². The molecule has 4 aromatic carbocycles. The molecule has 0 heteroatoms. The summed E-state index contributed by atoms with van der Waals surface area (Å²) in [6.45, 7) is 18.5. The molecule has 1 aliphatic rings. The zero-order valence-corrected chi connectivity index (χ0v) is 24.0. The van der Waals surface area contributed by atoms with E-state index in [0.717, 1.165) is 12.8 Å². The van der Waals surface area contributed by atoms with Crippen LogP contribution in [0, 0.1) is 13.8 Å². The molecule has 0 bridgehead atoms. The molecule has 0 unspecified atom stereocenters. The fourth-order valence-corrected chi connectivity index (χ4v) is 5.97. The number of rotatable bonds is 6. The number of benzene rings is 4. The predicted octanol–water partition coefficient (Wildman–Crippen LogP) is 10.0. The lowest BCUT2D eigenvalue weighted by atomic mass is 9.66. The standard InChI is InChI=1S/C37H42/c1-9-35(5,6)29-19-21-31-32-22-20-30(36(7,8)10-2)24-34(32)37(33(31)23-29,27-15-11-25(3)12-16-27)28-17-13-26(4)14-18-28/h11-24H,9-10H2,1-8H3. The first-order valence-electron chi connectivity index (χ1n) is 14.0. The highest BCUT2D eigenvalue weighted by Crippen LogP contribution is 2.57. The summed E-state index contributed by atoms with van der Waals surface area (Å²) in [5, 5.41) is 0. The number of aryl methyl sites for hydroxylation is 2. The molecule has 0 aliphatic heterocycles. The molecule has 0 aromatic heterocycles. The van der Waals surface area contributed by atoms with Crippen LogP contribution in [0.4, 0.5) is 0 Å². The zero-order chi connectivity index (χ0) is 26.6. The summed E-state index contributed by atoms with van der Waals surface area (Å²) in [6.07, 6.45) is 2.21. The summed E-state index contributed by atoms with van der Waals surface area (Å²) in [5.74, 6) is 0. The summed E-state index contributed by atoms with van der Waals surface area (Å²) in [7, 11) is 0. The zero-order valence-electron chi connectivity index (χ0n) is 24.0. The van der Waals surface area contributed by atoms with Gasteiger partial charge in [-0.15, -0.1) is 0 Å². The molecule has 0 saturated heterocycles. The van der Waals surface area contributed by atoms with Crippen LogP contribution in [0.25, 0.3) is 11.1 Å². The fraction of sp³-hybridized carbons (Fsp3) is 0.351. The van der Waals surface area contributed by atoms with Crippen LogP contribution in [0.5, 0.6) is 0 Å². The Kier molecular flexibility index (Phi) is 6.22. The van der Waals surface area contributed by atoms with E-state index in [1.807, 2.05) is 0 Å². The van der Waals surface area contributed by atoms with Crippen molar-refractivity contribution >= 4 is 0 Å². The number of hydrogen-bond acceptors (Lipinski definition) is 0. The maximum absolute atomic E-state index is 2.53. The molecule has 4 aromatic rings. The lowest BCUT2D eigenvalue weighted by Gasteiger charge is -2.36. The van der Waals surface area contributed by atoms with Gasteiger partial charge in [0, 0.05) is 0 Å². The van der Waals surface area contributed by atoms with Crippen LogP contribution in [-0.2, 0) is 16.2 Å². The molecule has 190 valence electrons. The van der Waals surface area contributed by atoms with Crippen LogP contribution in [0.1, 0.15) is 98.9 Å². The van der Waals surface area contributed by atoms with E-state index >= 15 is 0 Å². The van der Waals surface area contributed by atoms with E-state index in [1.54, 1.807) is 0 Å². The first kappa shape index (κ1) is 25.5. The molecule has 1 aliphatic carbocycles. The third kappa shape index (κ3) is 3.97. The van der Waals surface area contributed by atoms with Crippen LogP contribution in [0.15, 0.2) is 84.9 Å². The minimum atomic E-state index is -0.355. The first-order valence-corrected chi connectivity index (χ1v) is 14.0. The minimum Gasteiger partial charge on any atom is -0.0646 e. The summed E-state index contributed by atoms with van der Waals surface area (Å²) in [4.78, 5) is 0. The maximum Gasteiger partial charge on any atom is 0.0713 e. The number of fused-ring (bicyclic) bond motifs is 3. The van der Waals surface area contributed by atoms with E-state index < -0.39 is 0 Å². The van der Waals surface area contributed by atoms with Crippen molar-refractivity contribution < 1.29 is 0 Å². The minimum absolute atomic E-state index is 0.117. The van der Waals surface area contributed by atoms with E-state index in [4.69, 9.17) is 0 Å². The third-order valence-corrected chi connectivity index (χ3v) is 9.44. The first-order chi connectivity index (χ1) is 17.5. The summed E-state index contributed by atoms with van der Waals surface area (Å²) in [5.41, 5.74) is 13.6. The van der Waals surface area contributed by atoms with Gasteiger partial charge in [0.25, 0.3) is 0 Å². The molecule has 0 fully saturated rings. The quantitative estimate of drug-likeness (QED) is 0.224. The van der Waals surface area contributed by atoms with E-state index in [2.05, 4.69) is 140 Å². The molecule has 0 atom stereocenters. The van der Waals surface area contributed by atoms with Gasteiger partial charge in [0.2, 0.25) is 0 Å². The Morgan fingerprint density at radius 3 is 1.19 bits per heavy atom. The molecular formula is C37H42. The van der Waals surface area contributed by atoms with Gasteiger partial charge in [-0.2, -0.15) is 0 Å². The van der Waals surface area contributed by atoms with Crippen LogP contribution in [0.3, 0.4) is 0 Å². The molecule has 37 heavy (non-hydrogen) atoms. The van der Waals surface area contributed by atoms with Gasteiger partial charge in [0.1, 0.15) is 0 Å². The largest absolute Gasteiger partial charge is 0.0713 e. The molecule has 0 radical (unpaired) electrons. The molecular weight excluding hydrogens is 444 g/mol. The Labute approximate surface area is 224 Å². The van der Waals surface area contributed by atoms with Gasteiger partial charge in [0.15, 0.2) is 0 Å². The Morgan fingerprint density at radius 2 is 0.865 bits per heavy atom. The van der Waals surface area contributed by atoms with Gasteiger partial charge in [-0.3, -0.25) is 0 Å². The van der Waals surface area contributed by atoms with E-state index in [0.29, 0.717) is 0 Å². The lowest BCUT2D eigenvalue weighted by Crippen LogP contribution is -2.30. The SMILES string of the molecule is CCC(C)(C)c1ccc2c(c1)C(c1ccc(C)cc1)(c1ccc(C)cc1)c1cc(C(C)(C)CC)ccc1-2. The average Bonchev–Trinajstić information content (AvgIpc) is 3.19. The normalized spacial score (nSPS) is 14.4. The maximum atomic E-state index is 2.53. The number of hydrogen-bond donors (Lipinski definition) is 0. The Hall–Kier alpha value is -3.12. The van der Waals surface area contributed by atoms with Crippen LogP contribution >= 0.6 is 0 Å². The highest BCUT2D eigenvalue weighted by atomic mass is 14.5. The van der Waals surface area contributed by atoms with Gasteiger partial charge in [-0.05, 0) is 82.0 Å². The molecule has 5 rings (SSSR count). The lowest BCUT2D eigenvalue weighted by molar-refractivity contribution is 0.504. The summed E-state index contributed by atoms with van der Waals surface area (Å²) >= 11 is 0. The summed E-state index contributed by atoms with van der Waals surface area (Å²) in [6, 6.07) is 33.2. The monoisotopic (exact) mass is 486 g/mol. The molecule has 0 saturated carbocycles. The second-order valence-corrected chi connectivity index (χ2v) is 12.5. The van der Waals surface area contributed by atoms with Crippen molar-refractivity contribution in [1.29, 1.82) is 0 Å². The highest BCUT2D eigenvalue weighted by Gasteiger charge is 2.47. The van der Waals surface area contributed by atoms with Crippen molar-refractivity contribution in [2.45, 2.75) is 84.5 Å². The molecule has 0 N–H and O–H groups in total. The van der Waals surface area contributed by atoms with Crippen molar-refractivity contribution in [3.63, 3.8) is 0 Å². The van der Waals surface area contributed by atoms with Gasteiger partial charge in [0.05, 0.1) is 5.41 Å². The average molecular weight is 487 g/mol. The molecule has 0 heterocycles. The smallest absolute Gasteiger partial charge is 0.0646 e. The Bertz CT molecular complexity index is 1320. The van der Waals surface area contributed by atoms with Gasteiger partial charge in [-0.25, -0.2) is 0 Å². The topological polar surface area (TPSA) is 0 Å². The van der Waals surface area contributed by atoms with E-state index in [-0.39, 0.29) is 16.2 Å². The predicted molar refractivity (Wildman–Crippen MR) is 160 cm³/mol. The van der Waals surface area contributed by atoms with Gasteiger partial charge in [-0.1, -0.05) is 138 Å². The Morgan fingerprint density at radius 1 is 0.514 bits per heavy atom. The van der Waals surface area contributed by atoms with Crippen molar-refractivity contribution in [1.82, 2.24) is 0 Å². The van der Waals surface area contributed by atoms with Crippen molar-refractivity contribution in [3.05, 3.63) is 129 Å².